The standard InChI is InChI=1S/C17H13BrN2O2/c1-11-2-4-12(5-3-11)16(21)9-20-10-19-15-7-6-13(18)8-14(15)17(20)22/h2-8,10H,9H2,1H3. The molecule has 0 saturated carbocycles. The first-order valence-corrected chi connectivity index (χ1v) is 7.58. The summed E-state index contributed by atoms with van der Waals surface area (Å²) in [5, 5.41) is 0.494. The van der Waals surface area contributed by atoms with Gasteiger partial charge in [0.25, 0.3) is 5.56 Å². The molecule has 0 N–H and O–H groups in total. The van der Waals surface area contributed by atoms with Gasteiger partial charge in [-0.25, -0.2) is 4.98 Å². The molecule has 22 heavy (non-hydrogen) atoms. The van der Waals surface area contributed by atoms with Crippen LogP contribution in [-0.2, 0) is 6.54 Å². The molecule has 0 aliphatic carbocycles. The zero-order chi connectivity index (χ0) is 15.7. The Morgan fingerprint density at radius 3 is 2.64 bits per heavy atom. The van der Waals surface area contributed by atoms with Gasteiger partial charge in [0.1, 0.15) is 0 Å². The molecule has 2 aromatic carbocycles. The highest BCUT2D eigenvalue weighted by Crippen LogP contribution is 2.15. The van der Waals surface area contributed by atoms with E-state index >= 15 is 0 Å². The van der Waals surface area contributed by atoms with Crippen molar-refractivity contribution in [1.29, 1.82) is 0 Å². The minimum absolute atomic E-state index is 0.0165. The third-order valence-corrected chi connectivity index (χ3v) is 3.97. The monoisotopic (exact) mass is 356 g/mol. The van der Waals surface area contributed by atoms with Crippen molar-refractivity contribution in [3.8, 4) is 0 Å². The highest BCUT2D eigenvalue weighted by Gasteiger charge is 2.10. The van der Waals surface area contributed by atoms with Crippen molar-refractivity contribution in [2.45, 2.75) is 13.5 Å². The average Bonchev–Trinajstić information content (AvgIpc) is 2.51. The number of fused-ring (bicyclic) bond motifs is 1. The Morgan fingerprint density at radius 2 is 1.91 bits per heavy atom. The Bertz CT molecular complexity index is 914. The van der Waals surface area contributed by atoms with Crippen molar-refractivity contribution in [2.24, 2.45) is 0 Å². The second-order valence-corrected chi connectivity index (χ2v) is 6.04. The predicted molar refractivity (Wildman–Crippen MR) is 89.2 cm³/mol. The van der Waals surface area contributed by atoms with E-state index in [9.17, 15) is 9.59 Å². The Morgan fingerprint density at radius 1 is 1.18 bits per heavy atom. The molecular weight excluding hydrogens is 344 g/mol. The van der Waals surface area contributed by atoms with E-state index in [4.69, 9.17) is 0 Å². The van der Waals surface area contributed by atoms with Gasteiger partial charge < -0.3 is 0 Å². The SMILES string of the molecule is Cc1ccc(C(=O)Cn2cnc3ccc(Br)cc3c2=O)cc1. The Labute approximate surface area is 135 Å². The molecule has 0 unspecified atom stereocenters. The third kappa shape index (κ3) is 2.85. The highest BCUT2D eigenvalue weighted by atomic mass is 79.9. The summed E-state index contributed by atoms with van der Waals surface area (Å²) in [7, 11) is 0. The zero-order valence-corrected chi connectivity index (χ0v) is 13.5. The molecule has 0 bridgehead atoms. The summed E-state index contributed by atoms with van der Waals surface area (Å²) < 4.78 is 2.15. The fourth-order valence-corrected chi connectivity index (χ4v) is 2.59. The number of nitrogens with zero attached hydrogens (tertiary/aromatic N) is 2. The summed E-state index contributed by atoms with van der Waals surface area (Å²) in [6.07, 6.45) is 1.42. The van der Waals surface area contributed by atoms with Crippen molar-refractivity contribution in [2.75, 3.05) is 0 Å². The number of hydrogen-bond acceptors (Lipinski definition) is 3. The molecule has 0 radical (unpaired) electrons. The van der Waals surface area contributed by atoms with Gasteiger partial charge >= 0.3 is 0 Å². The number of halogens is 1. The van der Waals surface area contributed by atoms with E-state index in [2.05, 4.69) is 20.9 Å². The molecule has 1 aromatic heterocycles. The first-order valence-electron chi connectivity index (χ1n) is 6.79. The lowest BCUT2D eigenvalue weighted by Gasteiger charge is -2.06. The van der Waals surface area contributed by atoms with Gasteiger partial charge in [0.2, 0.25) is 0 Å². The number of carbonyl (C=O) groups is 1. The number of hydrogen-bond donors (Lipinski definition) is 0. The van der Waals surface area contributed by atoms with E-state index in [1.807, 2.05) is 25.1 Å². The van der Waals surface area contributed by atoms with Crippen molar-refractivity contribution in [3.05, 3.63) is 74.7 Å². The van der Waals surface area contributed by atoms with Gasteiger partial charge in [0, 0.05) is 10.0 Å². The summed E-state index contributed by atoms with van der Waals surface area (Å²) in [5.41, 5.74) is 2.08. The van der Waals surface area contributed by atoms with Gasteiger partial charge in [-0.1, -0.05) is 45.8 Å². The topological polar surface area (TPSA) is 52.0 Å². The van der Waals surface area contributed by atoms with E-state index in [0.717, 1.165) is 10.0 Å². The maximum Gasteiger partial charge on any atom is 0.261 e. The molecule has 0 aliphatic rings. The van der Waals surface area contributed by atoms with E-state index in [-0.39, 0.29) is 17.9 Å². The van der Waals surface area contributed by atoms with E-state index in [0.29, 0.717) is 16.5 Å². The highest BCUT2D eigenvalue weighted by molar-refractivity contribution is 9.10. The fraction of sp³-hybridized carbons (Fsp3) is 0.118. The van der Waals surface area contributed by atoms with Crippen LogP contribution in [0, 0.1) is 6.92 Å². The fourth-order valence-electron chi connectivity index (χ4n) is 2.23. The van der Waals surface area contributed by atoms with Crippen LogP contribution in [0.25, 0.3) is 10.9 Å². The van der Waals surface area contributed by atoms with Crippen molar-refractivity contribution in [3.63, 3.8) is 0 Å². The lowest BCUT2D eigenvalue weighted by molar-refractivity contribution is 0.0970. The molecule has 0 atom stereocenters. The van der Waals surface area contributed by atoms with Crippen LogP contribution in [0.2, 0.25) is 0 Å². The first-order chi connectivity index (χ1) is 10.5. The van der Waals surface area contributed by atoms with Crippen LogP contribution in [-0.4, -0.2) is 15.3 Å². The van der Waals surface area contributed by atoms with Crippen LogP contribution in [0.4, 0.5) is 0 Å². The van der Waals surface area contributed by atoms with Crippen molar-refractivity contribution >= 4 is 32.6 Å². The molecule has 3 aromatic rings. The number of aryl methyl sites for hydroxylation is 1. The molecule has 0 fully saturated rings. The summed E-state index contributed by atoms with van der Waals surface area (Å²) >= 11 is 3.34. The number of aromatic nitrogens is 2. The number of ketones is 1. The second kappa shape index (κ2) is 5.85. The molecule has 110 valence electrons. The van der Waals surface area contributed by atoms with Crippen LogP contribution >= 0.6 is 15.9 Å². The van der Waals surface area contributed by atoms with Gasteiger partial charge in [-0.3, -0.25) is 14.2 Å². The number of benzene rings is 2. The van der Waals surface area contributed by atoms with Crippen LogP contribution in [0.5, 0.6) is 0 Å². The van der Waals surface area contributed by atoms with Crippen LogP contribution in [0.15, 0.2) is 58.1 Å². The minimum atomic E-state index is -0.216. The van der Waals surface area contributed by atoms with Crippen molar-refractivity contribution < 1.29 is 4.79 Å². The maximum atomic E-state index is 12.5. The lowest BCUT2D eigenvalue weighted by Crippen LogP contribution is -2.24. The average molecular weight is 357 g/mol. The van der Waals surface area contributed by atoms with Crippen LogP contribution in [0.1, 0.15) is 15.9 Å². The smallest absolute Gasteiger partial charge is 0.261 e. The van der Waals surface area contributed by atoms with Gasteiger partial charge in [0.15, 0.2) is 5.78 Å². The first kappa shape index (κ1) is 14.7. The molecule has 0 aliphatic heterocycles. The van der Waals surface area contributed by atoms with Gasteiger partial charge in [-0.05, 0) is 25.1 Å². The lowest BCUT2D eigenvalue weighted by atomic mass is 10.1. The van der Waals surface area contributed by atoms with Gasteiger partial charge in [0.05, 0.1) is 23.8 Å². The molecule has 4 nitrogen and oxygen atoms in total. The molecule has 0 saturated heterocycles. The third-order valence-electron chi connectivity index (χ3n) is 3.47. The largest absolute Gasteiger partial charge is 0.292 e. The minimum Gasteiger partial charge on any atom is -0.292 e. The maximum absolute atomic E-state index is 12.5. The Kier molecular flexibility index (Phi) is 3.90. The second-order valence-electron chi connectivity index (χ2n) is 5.13. The summed E-state index contributed by atoms with van der Waals surface area (Å²) in [4.78, 5) is 29.0. The Balaban J connectivity index is 1.97. The molecule has 1 heterocycles. The van der Waals surface area contributed by atoms with Crippen LogP contribution < -0.4 is 5.56 Å². The summed E-state index contributed by atoms with van der Waals surface area (Å²) in [6, 6.07) is 12.6. The number of rotatable bonds is 3. The zero-order valence-electron chi connectivity index (χ0n) is 11.9. The van der Waals surface area contributed by atoms with E-state index in [1.165, 1.54) is 10.9 Å². The number of carbonyl (C=O) groups excluding carboxylic acids is 1. The van der Waals surface area contributed by atoms with E-state index in [1.54, 1.807) is 24.3 Å². The molecule has 3 rings (SSSR count). The predicted octanol–water partition coefficient (Wildman–Crippen LogP) is 3.35. The molecule has 5 heteroatoms. The normalized spacial score (nSPS) is 10.8. The molecule has 0 amide bonds. The summed E-state index contributed by atoms with van der Waals surface area (Å²) in [6.45, 7) is 1.95. The molecular formula is C17H13BrN2O2. The number of Topliss-reactive ketones (excluding diaryl/α,β-unsaturated/α-hetero) is 1. The quantitative estimate of drug-likeness (QED) is 0.676. The summed E-state index contributed by atoms with van der Waals surface area (Å²) in [5.74, 6) is -0.113. The van der Waals surface area contributed by atoms with E-state index < -0.39 is 0 Å². The van der Waals surface area contributed by atoms with Gasteiger partial charge in [-0.2, -0.15) is 0 Å². The van der Waals surface area contributed by atoms with Crippen molar-refractivity contribution in [1.82, 2.24) is 9.55 Å². The molecule has 0 spiro atoms. The Hall–Kier alpha value is -2.27. The van der Waals surface area contributed by atoms with Gasteiger partial charge in [-0.15, -0.1) is 0 Å². The van der Waals surface area contributed by atoms with Crippen LogP contribution in [0.3, 0.4) is 0 Å².